The maximum atomic E-state index is 10.9. The van der Waals surface area contributed by atoms with Gasteiger partial charge in [-0.2, -0.15) is 0 Å². The Labute approximate surface area is 83.8 Å². The second kappa shape index (κ2) is 4.17. The van der Waals surface area contributed by atoms with Gasteiger partial charge < -0.3 is 14.7 Å². The lowest BCUT2D eigenvalue weighted by Crippen LogP contribution is -2.38. The summed E-state index contributed by atoms with van der Waals surface area (Å²) in [6.45, 7) is 2.24. The van der Waals surface area contributed by atoms with Gasteiger partial charge in [-0.15, -0.1) is 0 Å². The van der Waals surface area contributed by atoms with E-state index in [0.717, 1.165) is 38.9 Å². The molecular weight excluding hydrogens is 182 g/mol. The highest BCUT2D eigenvalue weighted by Gasteiger charge is 2.34. The van der Waals surface area contributed by atoms with Gasteiger partial charge in [-0.1, -0.05) is 0 Å². The van der Waals surface area contributed by atoms with Crippen LogP contribution in [0, 0.1) is 5.92 Å². The Morgan fingerprint density at radius 2 is 2.21 bits per heavy atom. The molecule has 1 atom stereocenters. The zero-order chi connectivity index (χ0) is 9.97. The average Bonchev–Trinajstić information content (AvgIpc) is 2.99. The molecule has 1 saturated heterocycles. The van der Waals surface area contributed by atoms with E-state index in [9.17, 15) is 4.79 Å². The van der Waals surface area contributed by atoms with Crippen LogP contribution in [0.15, 0.2) is 0 Å². The molecule has 0 aromatic heterocycles. The topological polar surface area (TPSA) is 49.8 Å². The Morgan fingerprint density at radius 1 is 1.43 bits per heavy atom. The Hall–Kier alpha value is -0.770. The van der Waals surface area contributed by atoms with Gasteiger partial charge in [0.15, 0.2) is 0 Å². The van der Waals surface area contributed by atoms with Crippen LogP contribution < -0.4 is 0 Å². The lowest BCUT2D eigenvalue weighted by Gasteiger charge is -2.27. The SMILES string of the molecule is O=C(O)N(CC1CCCOC1)C1CC1. The third-order valence-corrected chi connectivity index (χ3v) is 2.94. The molecule has 1 N–H and O–H groups in total. The normalized spacial score (nSPS) is 27.3. The molecule has 2 fully saturated rings. The molecule has 0 aromatic carbocycles. The van der Waals surface area contributed by atoms with E-state index in [0.29, 0.717) is 18.5 Å². The smallest absolute Gasteiger partial charge is 0.407 e. The first kappa shape index (κ1) is 9.77. The van der Waals surface area contributed by atoms with Crippen LogP contribution in [0.3, 0.4) is 0 Å². The Bertz CT molecular complexity index is 209. The third-order valence-electron chi connectivity index (χ3n) is 2.94. The van der Waals surface area contributed by atoms with E-state index in [1.165, 1.54) is 0 Å². The van der Waals surface area contributed by atoms with Crippen molar-refractivity contribution in [1.82, 2.24) is 4.90 Å². The molecule has 0 radical (unpaired) electrons. The second-order valence-electron chi connectivity index (χ2n) is 4.25. The first-order valence-electron chi connectivity index (χ1n) is 5.34. The molecule has 14 heavy (non-hydrogen) atoms. The van der Waals surface area contributed by atoms with Gasteiger partial charge in [-0.25, -0.2) is 4.79 Å². The third kappa shape index (κ3) is 2.38. The van der Waals surface area contributed by atoms with Crippen molar-refractivity contribution in [2.24, 2.45) is 5.92 Å². The van der Waals surface area contributed by atoms with Gasteiger partial charge in [0.25, 0.3) is 0 Å². The fourth-order valence-corrected chi connectivity index (χ4v) is 2.00. The predicted molar refractivity (Wildman–Crippen MR) is 51.3 cm³/mol. The maximum Gasteiger partial charge on any atom is 0.407 e. The Kier molecular flexibility index (Phi) is 2.91. The zero-order valence-corrected chi connectivity index (χ0v) is 8.32. The number of hydrogen-bond acceptors (Lipinski definition) is 2. The molecule has 1 aliphatic carbocycles. The minimum absolute atomic E-state index is 0.300. The summed E-state index contributed by atoms with van der Waals surface area (Å²) in [5, 5.41) is 9.00. The van der Waals surface area contributed by atoms with Crippen molar-refractivity contribution in [3.8, 4) is 0 Å². The quantitative estimate of drug-likeness (QED) is 0.750. The second-order valence-corrected chi connectivity index (χ2v) is 4.25. The fraction of sp³-hybridized carbons (Fsp3) is 0.900. The summed E-state index contributed by atoms with van der Waals surface area (Å²) in [5.74, 6) is 0.417. The number of carboxylic acid groups (broad SMARTS) is 1. The molecule has 1 unspecified atom stereocenters. The molecule has 0 aromatic rings. The molecular formula is C10H17NO3. The maximum absolute atomic E-state index is 10.9. The van der Waals surface area contributed by atoms with Crippen molar-refractivity contribution in [1.29, 1.82) is 0 Å². The van der Waals surface area contributed by atoms with E-state index in [4.69, 9.17) is 9.84 Å². The van der Waals surface area contributed by atoms with Crippen LogP contribution in [0.1, 0.15) is 25.7 Å². The van der Waals surface area contributed by atoms with Gasteiger partial charge in [0.1, 0.15) is 0 Å². The van der Waals surface area contributed by atoms with Crippen molar-refractivity contribution in [3.05, 3.63) is 0 Å². The first-order chi connectivity index (χ1) is 6.77. The summed E-state index contributed by atoms with van der Waals surface area (Å²) in [7, 11) is 0. The number of amides is 1. The highest BCUT2D eigenvalue weighted by molar-refractivity contribution is 5.65. The van der Waals surface area contributed by atoms with E-state index < -0.39 is 6.09 Å². The van der Waals surface area contributed by atoms with Crippen molar-refractivity contribution >= 4 is 6.09 Å². The molecule has 1 saturated carbocycles. The number of carbonyl (C=O) groups is 1. The van der Waals surface area contributed by atoms with Crippen LogP contribution in [0.2, 0.25) is 0 Å². The fourth-order valence-electron chi connectivity index (χ4n) is 2.00. The Morgan fingerprint density at radius 3 is 2.71 bits per heavy atom. The number of nitrogens with zero attached hydrogens (tertiary/aromatic N) is 1. The number of rotatable bonds is 3. The van der Waals surface area contributed by atoms with E-state index in [2.05, 4.69) is 0 Å². The number of hydrogen-bond donors (Lipinski definition) is 1. The molecule has 2 rings (SSSR count). The average molecular weight is 199 g/mol. The summed E-state index contributed by atoms with van der Waals surface area (Å²) < 4.78 is 5.34. The van der Waals surface area contributed by atoms with Crippen molar-refractivity contribution in [2.75, 3.05) is 19.8 Å². The summed E-state index contributed by atoms with van der Waals surface area (Å²) in [4.78, 5) is 12.5. The summed E-state index contributed by atoms with van der Waals surface area (Å²) in [6, 6.07) is 0.300. The summed E-state index contributed by atoms with van der Waals surface area (Å²) >= 11 is 0. The Balaban J connectivity index is 1.82. The standard InChI is InChI=1S/C10H17NO3/c12-10(13)11(9-3-4-9)6-8-2-1-5-14-7-8/h8-9H,1-7H2,(H,12,13). The van der Waals surface area contributed by atoms with Crippen molar-refractivity contribution < 1.29 is 14.6 Å². The van der Waals surface area contributed by atoms with E-state index in [1.54, 1.807) is 4.90 Å². The first-order valence-corrected chi connectivity index (χ1v) is 5.34. The molecule has 1 amide bonds. The van der Waals surface area contributed by atoms with E-state index in [-0.39, 0.29) is 0 Å². The summed E-state index contributed by atoms with van der Waals surface area (Å²) in [5.41, 5.74) is 0. The van der Waals surface area contributed by atoms with Crippen LogP contribution in [0.4, 0.5) is 4.79 Å². The molecule has 0 bridgehead atoms. The largest absolute Gasteiger partial charge is 0.465 e. The molecule has 1 heterocycles. The van der Waals surface area contributed by atoms with Gasteiger partial charge in [0.2, 0.25) is 0 Å². The molecule has 80 valence electrons. The predicted octanol–water partition coefficient (Wildman–Crippen LogP) is 1.56. The molecule has 4 nitrogen and oxygen atoms in total. The van der Waals surface area contributed by atoms with Crippen molar-refractivity contribution in [2.45, 2.75) is 31.7 Å². The van der Waals surface area contributed by atoms with E-state index >= 15 is 0 Å². The van der Waals surface area contributed by atoms with Crippen molar-refractivity contribution in [3.63, 3.8) is 0 Å². The molecule has 2 aliphatic rings. The van der Waals surface area contributed by atoms with Gasteiger partial charge >= 0.3 is 6.09 Å². The van der Waals surface area contributed by atoms with Crippen LogP contribution >= 0.6 is 0 Å². The van der Waals surface area contributed by atoms with Gasteiger partial charge in [-0.3, -0.25) is 0 Å². The lowest BCUT2D eigenvalue weighted by atomic mass is 10.0. The lowest BCUT2D eigenvalue weighted by molar-refractivity contribution is 0.0379. The van der Waals surface area contributed by atoms with Gasteiger partial charge in [0, 0.05) is 25.1 Å². The molecule has 1 aliphatic heterocycles. The van der Waals surface area contributed by atoms with Crippen LogP contribution in [-0.2, 0) is 4.74 Å². The molecule has 4 heteroatoms. The molecule has 0 spiro atoms. The minimum atomic E-state index is -0.766. The highest BCUT2D eigenvalue weighted by Crippen LogP contribution is 2.28. The summed E-state index contributed by atoms with van der Waals surface area (Å²) in [6.07, 6.45) is 3.50. The highest BCUT2D eigenvalue weighted by atomic mass is 16.5. The minimum Gasteiger partial charge on any atom is -0.465 e. The monoisotopic (exact) mass is 199 g/mol. The van der Waals surface area contributed by atoms with Crippen LogP contribution in [0.25, 0.3) is 0 Å². The van der Waals surface area contributed by atoms with Crippen LogP contribution in [-0.4, -0.2) is 41.9 Å². The van der Waals surface area contributed by atoms with Crippen LogP contribution in [0.5, 0.6) is 0 Å². The number of ether oxygens (including phenoxy) is 1. The van der Waals surface area contributed by atoms with E-state index in [1.807, 2.05) is 0 Å². The van der Waals surface area contributed by atoms with Gasteiger partial charge in [0.05, 0.1) is 6.61 Å². The zero-order valence-electron chi connectivity index (χ0n) is 8.32. The van der Waals surface area contributed by atoms with Gasteiger partial charge in [-0.05, 0) is 25.7 Å².